The van der Waals surface area contributed by atoms with Gasteiger partial charge in [-0.25, -0.2) is 0 Å². The molecule has 0 spiro atoms. The second-order valence-corrected chi connectivity index (χ2v) is 3.57. The Bertz CT molecular complexity index is 424. The van der Waals surface area contributed by atoms with E-state index < -0.39 is 0 Å². The molecule has 1 aliphatic rings. The van der Waals surface area contributed by atoms with E-state index in [1.165, 1.54) is 7.11 Å². The van der Waals surface area contributed by atoms with Crippen molar-refractivity contribution in [2.45, 2.75) is 13.8 Å². The van der Waals surface area contributed by atoms with Gasteiger partial charge in [0.1, 0.15) is 0 Å². The summed E-state index contributed by atoms with van der Waals surface area (Å²) < 4.78 is 0. The van der Waals surface area contributed by atoms with Crippen molar-refractivity contribution in [2.75, 3.05) is 7.11 Å². The second-order valence-electron chi connectivity index (χ2n) is 3.57. The molecule has 0 fully saturated rings. The average Bonchev–Trinajstić information content (AvgIpc) is 2.42. The Balaban J connectivity index is 2.63. The number of rotatable bonds is 1. The van der Waals surface area contributed by atoms with Crippen LogP contribution in [0.5, 0.6) is 0 Å². The van der Waals surface area contributed by atoms with Gasteiger partial charge in [0.25, 0.3) is 11.8 Å². The summed E-state index contributed by atoms with van der Waals surface area (Å²) in [4.78, 5) is 28.1. The molecule has 0 saturated carbocycles. The van der Waals surface area contributed by atoms with Crippen LogP contribution in [0.3, 0.4) is 0 Å². The molecule has 1 heterocycles. The smallest absolute Gasteiger partial charge is 0.266 e. The van der Waals surface area contributed by atoms with Crippen molar-refractivity contribution >= 4 is 11.8 Å². The molecule has 2 amide bonds. The molecule has 0 aliphatic carbocycles. The summed E-state index contributed by atoms with van der Waals surface area (Å²) in [6.45, 7) is 3.81. The van der Waals surface area contributed by atoms with E-state index in [9.17, 15) is 9.59 Å². The van der Waals surface area contributed by atoms with Gasteiger partial charge in [0, 0.05) is 0 Å². The van der Waals surface area contributed by atoms with E-state index in [4.69, 9.17) is 4.84 Å². The average molecular weight is 205 g/mol. The standard InChI is InChI=1S/C11H11NO3/c1-6-4-8-9(5-7(6)2)11(14)12(15-3)10(8)13/h4-5H,1-3H3. The monoisotopic (exact) mass is 205 g/mol. The van der Waals surface area contributed by atoms with Crippen molar-refractivity contribution in [1.82, 2.24) is 5.06 Å². The van der Waals surface area contributed by atoms with Crippen molar-refractivity contribution in [1.29, 1.82) is 0 Å². The fraction of sp³-hybridized carbons (Fsp3) is 0.273. The lowest BCUT2D eigenvalue weighted by molar-refractivity contribution is -0.0645. The quantitative estimate of drug-likeness (QED) is 0.652. The van der Waals surface area contributed by atoms with Crippen molar-refractivity contribution in [3.63, 3.8) is 0 Å². The topological polar surface area (TPSA) is 46.6 Å². The summed E-state index contributed by atoms with van der Waals surface area (Å²) in [5.41, 5.74) is 2.83. The number of hydrogen-bond donors (Lipinski definition) is 0. The Morgan fingerprint density at radius 1 is 1.00 bits per heavy atom. The lowest BCUT2D eigenvalue weighted by Crippen LogP contribution is -2.28. The number of aryl methyl sites for hydroxylation is 2. The van der Waals surface area contributed by atoms with E-state index in [1.54, 1.807) is 12.1 Å². The molecule has 0 saturated heterocycles. The van der Waals surface area contributed by atoms with Crippen LogP contribution < -0.4 is 0 Å². The summed E-state index contributed by atoms with van der Waals surface area (Å²) in [5, 5.41) is 0.781. The van der Waals surface area contributed by atoms with Gasteiger partial charge in [0.05, 0.1) is 18.2 Å². The summed E-state index contributed by atoms with van der Waals surface area (Å²) in [6.07, 6.45) is 0. The molecule has 0 bridgehead atoms. The molecule has 15 heavy (non-hydrogen) atoms. The molecule has 1 aliphatic heterocycles. The number of hydroxylamine groups is 2. The van der Waals surface area contributed by atoms with Crippen LogP contribution in [-0.4, -0.2) is 24.0 Å². The summed E-state index contributed by atoms with van der Waals surface area (Å²) >= 11 is 0. The number of carbonyl (C=O) groups excluding carboxylic acids is 2. The highest BCUT2D eigenvalue weighted by Crippen LogP contribution is 2.25. The van der Waals surface area contributed by atoms with Gasteiger partial charge in [-0.2, -0.15) is 0 Å². The Labute approximate surface area is 87.4 Å². The summed E-state index contributed by atoms with van der Waals surface area (Å²) in [5.74, 6) is -0.777. The maximum atomic E-state index is 11.7. The molecule has 0 aromatic heterocycles. The number of nitrogens with zero attached hydrogens (tertiary/aromatic N) is 1. The third kappa shape index (κ3) is 1.26. The summed E-state index contributed by atoms with van der Waals surface area (Å²) in [7, 11) is 1.31. The number of hydrogen-bond acceptors (Lipinski definition) is 3. The van der Waals surface area contributed by atoms with Gasteiger partial charge in [-0.05, 0) is 37.1 Å². The fourth-order valence-corrected chi connectivity index (χ4v) is 1.65. The Kier molecular flexibility index (Phi) is 2.08. The highest BCUT2D eigenvalue weighted by atomic mass is 16.7. The predicted octanol–water partition coefficient (Wildman–Crippen LogP) is 1.46. The molecule has 1 aromatic rings. The molecule has 4 heteroatoms. The van der Waals surface area contributed by atoms with Gasteiger partial charge in [0.15, 0.2) is 0 Å². The van der Waals surface area contributed by atoms with Gasteiger partial charge >= 0.3 is 0 Å². The van der Waals surface area contributed by atoms with E-state index in [1.807, 2.05) is 13.8 Å². The van der Waals surface area contributed by atoms with E-state index in [0.717, 1.165) is 16.2 Å². The van der Waals surface area contributed by atoms with Crippen LogP contribution in [0.4, 0.5) is 0 Å². The normalized spacial score (nSPS) is 14.7. The minimum atomic E-state index is -0.388. The minimum absolute atomic E-state index is 0.388. The first kappa shape index (κ1) is 9.86. The third-order valence-corrected chi connectivity index (χ3v) is 2.65. The van der Waals surface area contributed by atoms with E-state index in [2.05, 4.69) is 0 Å². The molecule has 1 aromatic carbocycles. The summed E-state index contributed by atoms with van der Waals surface area (Å²) in [6, 6.07) is 3.45. The highest BCUT2D eigenvalue weighted by molar-refractivity contribution is 6.20. The Morgan fingerprint density at radius 3 is 1.73 bits per heavy atom. The first-order valence-corrected chi connectivity index (χ1v) is 4.60. The molecule has 0 N–H and O–H groups in total. The lowest BCUT2D eigenvalue weighted by Gasteiger charge is -2.07. The number of carbonyl (C=O) groups is 2. The van der Waals surface area contributed by atoms with Crippen LogP contribution in [0.25, 0.3) is 0 Å². The zero-order valence-electron chi connectivity index (χ0n) is 8.83. The molecule has 0 radical (unpaired) electrons. The molecule has 0 atom stereocenters. The first-order valence-electron chi connectivity index (χ1n) is 4.60. The van der Waals surface area contributed by atoms with E-state index >= 15 is 0 Å². The van der Waals surface area contributed by atoms with Crippen molar-refractivity contribution in [3.05, 3.63) is 34.4 Å². The van der Waals surface area contributed by atoms with Gasteiger partial charge < -0.3 is 0 Å². The van der Waals surface area contributed by atoms with Crippen LogP contribution in [0, 0.1) is 13.8 Å². The number of fused-ring (bicyclic) bond motifs is 1. The zero-order chi connectivity index (χ0) is 11.2. The van der Waals surface area contributed by atoms with E-state index in [-0.39, 0.29) is 11.8 Å². The molecule has 2 rings (SSSR count). The Hall–Kier alpha value is -1.68. The minimum Gasteiger partial charge on any atom is -0.266 e. The third-order valence-electron chi connectivity index (χ3n) is 2.65. The van der Waals surface area contributed by atoms with Gasteiger partial charge in [-0.15, -0.1) is 5.06 Å². The highest BCUT2D eigenvalue weighted by Gasteiger charge is 2.36. The number of imide groups is 1. The van der Waals surface area contributed by atoms with Crippen LogP contribution >= 0.6 is 0 Å². The zero-order valence-corrected chi connectivity index (χ0v) is 8.83. The van der Waals surface area contributed by atoms with Gasteiger partial charge in [0.2, 0.25) is 0 Å². The maximum absolute atomic E-state index is 11.7. The lowest BCUT2D eigenvalue weighted by atomic mass is 10.0. The van der Waals surface area contributed by atoms with Gasteiger partial charge in [-0.1, -0.05) is 0 Å². The van der Waals surface area contributed by atoms with Crippen LogP contribution in [0.1, 0.15) is 31.8 Å². The molecule has 0 unspecified atom stereocenters. The van der Waals surface area contributed by atoms with Crippen LogP contribution in [0.15, 0.2) is 12.1 Å². The second kappa shape index (κ2) is 3.17. The van der Waals surface area contributed by atoms with Gasteiger partial charge in [-0.3, -0.25) is 14.4 Å². The van der Waals surface area contributed by atoms with Crippen LogP contribution in [0.2, 0.25) is 0 Å². The van der Waals surface area contributed by atoms with Crippen molar-refractivity contribution < 1.29 is 14.4 Å². The number of benzene rings is 1. The van der Waals surface area contributed by atoms with Crippen molar-refractivity contribution in [2.24, 2.45) is 0 Å². The molecular weight excluding hydrogens is 194 g/mol. The van der Waals surface area contributed by atoms with Crippen LogP contribution in [-0.2, 0) is 4.84 Å². The predicted molar refractivity (Wildman–Crippen MR) is 53.4 cm³/mol. The SMILES string of the molecule is CON1C(=O)c2cc(C)c(C)cc2C1=O. The molecule has 4 nitrogen and oxygen atoms in total. The first-order chi connectivity index (χ1) is 7.06. The Morgan fingerprint density at radius 2 is 1.40 bits per heavy atom. The van der Waals surface area contributed by atoms with Crippen molar-refractivity contribution in [3.8, 4) is 0 Å². The van der Waals surface area contributed by atoms with E-state index in [0.29, 0.717) is 11.1 Å². The fourth-order valence-electron chi connectivity index (χ4n) is 1.65. The largest absolute Gasteiger partial charge is 0.285 e. The maximum Gasteiger partial charge on any atom is 0.285 e. The number of amides is 2. The molecule has 78 valence electrons. The molecular formula is C11H11NO3.